The third kappa shape index (κ3) is 3.67. The summed E-state index contributed by atoms with van der Waals surface area (Å²) in [6, 6.07) is 6.03. The van der Waals surface area contributed by atoms with Crippen molar-refractivity contribution in [1.29, 1.82) is 0 Å². The van der Waals surface area contributed by atoms with Crippen LogP contribution in [0.3, 0.4) is 0 Å². The molecule has 1 aliphatic rings. The highest BCUT2D eigenvalue weighted by Crippen LogP contribution is 2.20. The van der Waals surface area contributed by atoms with Gasteiger partial charge in [0.05, 0.1) is 6.42 Å². The quantitative estimate of drug-likeness (QED) is 0.711. The van der Waals surface area contributed by atoms with Crippen LogP contribution in [0.1, 0.15) is 18.4 Å². The number of aromatic nitrogens is 4. The van der Waals surface area contributed by atoms with Crippen LogP contribution in [-0.2, 0) is 11.2 Å². The maximum absolute atomic E-state index is 12.9. The minimum atomic E-state index is -0.311. The van der Waals surface area contributed by atoms with Crippen molar-refractivity contribution in [3.05, 3.63) is 58.5 Å². The van der Waals surface area contributed by atoms with Crippen LogP contribution >= 0.6 is 0 Å². The zero-order valence-electron chi connectivity index (χ0n) is 14.6. The fourth-order valence-corrected chi connectivity index (χ4v) is 3.35. The van der Waals surface area contributed by atoms with Gasteiger partial charge in [0.1, 0.15) is 5.82 Å². The van der Waals surface area contributed by atoms with Crippen molar-refractivity contribution in [3.8, 4) is 0 Å². The minimum Gasteiger partial charge on any atom is -0.353 e. The normalized spacial score (nSPS) is 15.2. The van der Waals surface area contributed by atoms with E-state index in [2.05, 4.69) is 25.4 Å². The Balaban J connectivity index is 1.35. The fourth-order valence-electron chi connectivity index (χ4n) is 3.35. The number of piperidine rings is 1. The molecule has 1 aliphatic heterocycles. The van der Waals surface area contributed by atoms with E-state index in [1.807, 2.05) is 0 Å². The molecule has 0 aliphatic carbocycles. The Bertz CT molecular complexity index is 1000. The fraction of sp³-hybridized carbons (Fsp3) is 0.333. The van der Waals surface area contributed by atoms with E-state index in [0.717, 1.165) is 18.4 Å². The molecule has 1 amide bonds. The highest BCUT2D eigenvalue weighted by Gasteiger charge is 2.23. The second-order valence-electron chi connectivity index (χ2n) is 6.61. The first kappa shape index (κ1) is 17.2. The molecule has 0 saturated carbocycles. The van der Waals surface area contributed by atoms with E-state index in [9.17, 15) is 14.0 Å². The van der Waals surface area contributed by atoms with Gasteiger partial charge >= 0.3 is 5.69 Å². The number of hydrogen-bond donors (Lipinski definition) is 2. The van der Waals surface area contributed by atoms with Crippen LogP contribution in [0, 0.1) is 5.82 Å². The lowest BCUT2D eigenvalue weighted by Crippen LogP contribution is -2.45. The Morgan fingerprint density at radius 2 is 2.00 bits per heavy atom. The maximum atomic E-state index is 12.9. The number of amides is 1. The van der Waals surface area contributed by atoms with Crippen LogP contribution in [-0.4, -0.2) is 44.6 Å². The van der Waals surface area contributed by atoms with Crippen molar-refractivity contribution >= 4 is 17.4 Å². The van der Waals surface area contributed by atoms with Gasteiger partial charge in [-0.15, -0.1) is 5.10 Å². The number of rotatable bonds is 4. The number of aromatic amines is 1. The average molecular weight is 370 g/mol. The molecular weight excluding hydrogens is 351 g/mol. The summed E-state index contributed by atoms with van der Waals surface area (Å²) in [7, 11) is 0. The van der Waals surface area contributed by atoms with Gasteiger partial charge in [-0.25, -0.2) is 23.7 Å². The Morgan fingerprint density at radius 1 is 1.26 bits per heavy atom. The molecule has 140 valence electrons. The van der Waals surface area contributed by atoms with E-state index >= 15 is 0 Å². The number of fused-ring (bicyclic) bond motifs is 1. The lowest BCUT2D eigenvalue weighted by Gasteiger charge is -2.33. The molecule has 3 aromatic rings. The topological polar surface area (TPSA) is 95.4 Å². The first-order chi connectivity index (χ1) is 13.1. The number of nitrogens with zero attached hydrogens (tertiary/aromatic N) is 4. The summed E-state index contributed by atoms with van der Waals surface area (Å²) in [5.74, 6) is 0.278. The predicted octanol–water partition coefficient (Wildman–Crippen LogP) is 0.884. The summed E-state index contributed by atoms with van der Waals surface area (Å²) in [6.45, 7) is 1.41. The number of hydrogen-bond acceptors (Lipinski definition) is 5. The summed E-state index contributed by atoms with van der Waals surface area (Å²) in [4.78, 5) is 30.3. The first-order valence-electron chi connectivity index (χ1n) is 8.80. The van der Waals surface area contributed by atoms with E-state index in [1.165, 1.54) is 16.5 Å². The van der Waals surface area contributed by atoms with Crippen LogP contribution in [0.5, 0.6) is 0 Å². The summed E-state index contributed by atoms with van der Waals surface area (Å²) in [5, 5.41) is 9.51. The number of H-pyrrole nitrogens is 1. The van der Waals surface area contributed by atoms with Crippen LogP contribution in [0.15, 0.2) is 41.5 Å². The molecule has 2 N–H and O–H groups in total. The van der Waals surface area contributed by atoms with Crippen molar-refractivity contribution in [1.82, 2.24) is 24.9 Å². The van der Waals surface area contributed by atoms with Crippen LogP contribution in [0.4, 0.5) is 10.2 Å². The van der Waals surface area contributed by atoms with Gasteiger partial charge in [0.25, 0.3) is 0 Å². The van der Waals surface area contributed by atoms with Crippen molar-refractivity contribution in [2.45, 2.75) is 25.3 Å². The third-order valence-electron chi connectivity index (χ3n) is 4.75. The van der Waals surface area contributed by atoms with Gasteiger partial charge in [-0.3, -0.25) is 4.79 Å². The van der Waals surface area contributed by atoms with Crippen molar-refractivity contribution in [2.75, 3.05) is 18.0 Å². The maximum Gasteiger partial charge on any atom is 0.347 e. The Morgan fingerprint density at radius 3 is 2.74 bits per heavy atom. The summed E-state index contributed by atoms with van der Waals surface area (Å²) in [5.41, 5.74) is 0.990. The molecule has 1 saturated heterocycles. The van der Waals surface area contributed by atoms with E-state index < -0.39 is 0 Å². The van der Waals surface area contributed by atoms with Gasteiger partial charge in [-0.2, -0.15) is 0 Å². The third-order valence-corrected chi connectivity index (χ3v) is 4.75. The largest absolute Gasteiger partial charge is 0.353 e. The molecule has 0 radical (unpaired) electrons. The monoisotopic (exact) mass is 370 g/mol. The summed E-state index contributed by atoms with van der Waals surface area (Å²) in [6.07, 6.45) is 4.93. The molecular formula is C18H19FN6O2. The number of halogens is 1. The number of anilines is 1. The molecule has 1 aromatic carbocycles. The van der Waals surface area contributed by atoms with Crippen LogP contribution in [0.25, 0.3) is 5.65 Å². The van der Waals surface area contributed by atoms with Crippen LogP contribution < -0.4 is 15.9 Å². The van der Waals surface area contributed by atoms with Crippen molar-refractivity contribution in [3.63, 3.8) is 0 Å². The number of carbonyl (C=O) groups excluding carboxylic acids is 1. The van der Waals surface area contributed by atoms with E-state index in [0.29, 0.717) is 24.6 Å². The summed E-state index contributed by atoms with van der Waals surface area (Å²) < 4.78 is 14.4. The molecule has 3 heterocycles. The molecule has 27 heavy (non-hydrogen) atoms. The summed E-state index contributed by atoms with van der Waals surface area (Å²) >= 11 is 0. The van der Waals surface area contributed by atoms with Gasteiger partial charge in [-0.05, 0) is 30.5 Å². The molecule has 9 heteroatoms. The lowest BCUT2D eigenvalue weighted by molar-refractivity contribution is -0.121. The van der Waals surface area contributed by atoms with Crippen molar-refractivity contribution < 1.29 is 9.18 Å². The molecule has 0 bridgehead atoms. The zero-order valence-corrected chi connectivity index (χ0v) is 14.6. The molecule has 0 atom stereocenters. The Kier molecular flexibility index (Phi) is 4.57. The van der Waals surface area contributed by atoms with Crippen LogP contribution in [0.2, 0.25) is 0 Å². The molecule has 4 rings (SSSR count). The number of benzene rings is 1. The van der Waals surface area contributed by atoms with Gasteiger partial charge in [-0.1, -0.05) is 12.1 Å². The molecule has 0 unspecified atom stereocenters. The SMILES string of the molecule is O=C(Cc1ccc(F)cc1)NC1CCN(c2nccn3c(=O)[nH]nc23)CC1. The van der Waals surface area contributed by atoms with Gasteiger partial charge in [0, 0.05) is 31.5 Å². The lowest BCUT2D eigenvalue weighted by atomic mass is 10.0. The van der Waals surface area contributed by atoms with Gasteiger partial charge in [0.2, 0.25) is 11.6 Å². The standard InChI is InChI=1S/C18H19FN6O2/c19-13-3-1-12(2-4-13)11-15(26)21-14-5-8-24(9-6-14)16-17-22-23-18(27)25(17)10-7-20-16/h1-4,7,10,14H,5-6,8-9,11H2,(H,21,26)(H,23,27). The smallest absolute Gasteiger partial charge is 0.347 e. The molecule has 2 aromatic heterocycles. The first-order valence-corrected chi connectivity index (χ1v) is 8.80. The average Bonchev–Trinajstić information content (AvgIpc) is 3.06. The predicted molar refractivity (Wildman–Crippen MR) is 97.1 cm³/mol. The number of carbonyl (C=O) groups is 1. The van der Waals surface area contributed by atoms with Gasteiger partial charge < -0.3 is 10.2 Å². The second kappa shape index (κ2) is 7.18. The van der Waals surface area contributed by atoms with Gasteiger partial charge in [0.15, 0.2) is 5.82 Å². The number of nitrogens with one attached hydrogen (secondary N) is 2. The zero-order chi connectivity index (χ0) is 18.8. The minimum absolute atomic E-state index is 0.0702. The molecule has 0 spiro atoms. The van der Waals surface area contributed by atoms with E-state index in [1.54, 1.807) is 24.5 Å². The highest BCUT2D eigenvalue weighted by molar-refractivity contribution is 5.78. The molecule has 8 nitrogen and oxygen atoms in total. The Labute approximate surface area is 154 Å². The van der Waals surface area contributed by atoms with E-state index in [-0.39, 0.29) is 29.9 Å². The van der Waals surface area contributed by atoms with E-state index in [4.69, 9.17) is 0 Å². The molecule has 1 fully saturated rings. The second-order valence-corrected chi connectivity index (χ2v) is 6.61. The van der Waals surface area contributed by atoms with Crippen molar-refractivity contribution in [2.24, 2.45) is 0 Å². The highest BCUT2D eigenvalue weighted by atomic mass is 19.1. The Hall–Kier alpha value is -3.23.